The summed E-state index contributed by atoms with van der Waals surface area (Å²) in [5.41, 5.74) is 2.69. The van der Waals surface area contributed by atoms with Gasteiger partial charge in [-0.1, -0.05) is 26.0 Å². The lowest BCUT2D eigenvalue weighted by molar-refractivity contribution is -0.152. The van der Waals surface area contributed by atoms with Crippen LogP contribution in [0.3, 0.4) is 0 Å². The molecule has 0 bridgehead atoms. The zero-order valence-corrected chi connectivity index (χ0v) is 22.7. The van der Waals surface area contributed by atoms with E-state index in [4.69, 9.17) is 19.5 Å². The molecule has 12 nitrogen and oxygen atoms in total. The number of pyridine rings is 1. The van der Waals surface area contributed by atoms with Gasteiger partial charge in [-0.05, 0) is 47.6 Å². The van der Waals surface area contributed by atoms with Gasteiger partial charge in [0.15, 0.2) is 5.78 Å². The molecular weight excluding hydrogens is 560 g/mol. The number of ketones is 1. The summed E-state index contributed by atoms with van der Waals surface area (Å²) < 4.78 is 34.9. The molecule has 3 N–H and O–H groups in total. The molecule has 1 fully saturated rings. The van der Waals surface area contributed by atoms with Crippen molar-refractivity contribution in [3.05, 3.63) is 59.8 Å². The first kappa shape index (κ1) is 28.5. The monoisotopic (exact) mass is 585 g/mol. The number of hydrogen-bond donors (Lipinski definition) is 3. The van der Waals surface area contributed by atoms with Gasteiger partial charge < -0.3 is 19.6 Å². The Kier molecular flexibility index (Phi) is 7.47. The normalized spacial score (nSPS) is 17.3. The van der Waals surface area contributed by atoms with Gasteiger partial charge in [0.05, 0.1) is 35.6 Å². The third-order valence-electron chi connectivity index (χ3n) is 6.96. The average Bonchev–Trinajstić information content (AvgIpc) is 3.31. The molecule has 214 valence electrons. The van der Waals surface area contributed by atoms with Crippen LogP contribution in [0.15, 0.2) is 42.6 Å². The Bertz CT molecular complexity index is 1750. The van der Waals surface area contributed by atoms with Crippen LogP contribution in [-0.4, -0.2) is 60.7 Å². The summed E-state index contributed by atoms with van der Waals surface area (Å²) in [6.07, 6.45) is 0.565. The minimum absolute atomic E-state index is 0.0720. The fourth-order valence-electron chi connectivity index (χ4n) is 4.99. The number of hydrogen-bond acceptors (Lipinski definition) is 8. The number of phosphoric ester groups is 1. The molecule has 0 spiro atoms. The predicted octanol–water partition coefficient (Wildman–Crippen LogP) is 4.37. The second kappa shape index (κ2) is 10.7. The zero-order chi connectivity index (χ0) is 29.6. The molecule has 2 aromatic carbocycles. The zero-order valence-electron chi connectivity index (χ0n) is 21.9. The molecule has 0 radical (unpaired) electrons. The van der Waals surface area contributed by atoms with E-state index in [9.17, 15) is 28.4 Å². The first-order chi connectivity index (χ1) is 19.4. The van der Waals surface area contributed by atoms with Crippen LogP contribution in [0.1, 0.15) is 43.5 Å². The number of carbonyl (C=O) groups is 3. The van der Waals surface area contributed by atoms with Gasteiger partial charge in [0.1, 0.15) is 18.3 Å². The maximum Gasteiger partial charge on any atom is 0.469 e. The van der Waals surface area contributed by atoms with Crippen LogP contribution in [0, 0.1) is 11.7 Å². The number of benzene rings is 2. The molecule has 1 aliphatic rings. The molecule has 14 heteroatoms. The third-order valence-corrected chi connectivity index (χ3v) is 7.48. The van der Waals surface area contributed by atoms with Crippen molar-refractivity contribution >= 4 is 47.3 Å². The number of nitrogens with zero attached hydrogens (tertiary/aromatic N) is 3. The lowest BCUT2D eigenvalue weighted by Gasteiger charge is -2.32. The molecule has 41 heavy (non-hydrogen) atoms. The van der Waals surface area contributed by atoms with Crippen molar-refractivity contribution in [2.45, 2.75) is 32.1 Å². The van der Waals surface area contributed by atoms with E-state index in [0.717, 1.165) is 4.68 Å². The predicted molar refractivity (Wildman–Crippen MR) is 143 cm³/mol. The number of carboxylic acid groups (broad SMARTS) is 1. The van der Waals surface area contributed by atoms with E-state index in [2.05, 4.69) is 9.62 Å². The summed E-state index contributed by atoms with van der Waals surface area (Å²) in [5, 5.41) is 15.2. The number of aliphatic carboxylic acids is 1. The number of fused-ring (bicyclic) bond motifs is 2. The van der Waals surface area contributed by atoms with E-state index in [1.807, 2.05) is 13.8 Å². The number of halogens is 1. The maximum absolute atomic E-state index is 13.8. The summed E-state index contributed by atoms with van der Waals surface area (Å²) in [7, 11) is -4.73. The highest BCUT2D eigenvalue weighted by atomic mass is 31.2. The van der Waals surface area contributed by atoms with Gasteiger partial charge in [-0.25, -0.2) is 13.8 Å². The Morgan fingerprint density at radius 1 is 1.15 bits per heavy atom. The Labute approximate surface area is 231 Å². The summed E-state index contributed by atoms with van der Waals surface area (Å²) >= 11 is 0. The van der Waals surface area contributed by atoms with Gasteiger partial charge in [0.2, 0.25) is 0 Å². The summed E-state index contributed by atoms with van der Waals surface area (Å²) in [5.74, 6) is -4.10. The van der Waals surface area contributed by atoms with E-state index >= 15 is 0 Å². The van der Waals surface area contributed by atoms with E-state index in [1.165, 1.54) is 18.3 Å². The van der Waals surface area contributed by atoms with Crippen LogP contribution in [0.25, 0.3) is 32.8 Å². The van der Waals surface area contributed by atoms with Crippen molar-refractivity contribution in [1.82, 2.24) is 14.8 Å². The number of carboxylic acids is 1. The van der Waals surface area contributed by atoms with Gasteiger partial charge in [-0.3, -0.25) is 19.1 Å². The molecular formula is C27H25FN3O9P. The molecule has 2 aromatic heterocycles. The first-order valence-electron chi connectivity index (χ1n) is 12.6. The molecule has 2 unspecified atom stereocenters. The first-order valence-corrected chi connectivity index (χ1v) is 14.1. The molecule has 0 saturated heterocycles. The topological polar surface area (TPSA) is 178 Å². The van der Waals surface area contributed by atoms with Gasteiger partial charge in [0, 0.05) is 16.3 Å². The van der Waals surface area contributed by atoms with Gasteiger partial charge in [-0.15, -0.1) is 0 Å². The quantitative estimate of drug-likeness (QED) is 0.152. The molecule has 5 rings (SSSR count). The average molecular weight is 585 g/mol. The largest absolute Gasteiger partial charge is 0.481 e. The number of Topliss-reactive ketones (excluding diaryl/α,β-unsaturated/α-hetero) is 1. The van der Waals surface area contributed by atoms with Gasteiger partial charge in [-0.2, -0.15) is 9.78 Å². The van der Waals surface area contributed by atoms with Crippen LogP contribution in [0.4, 0.5) is 9.18 Å². The lowest BCUT2D eigenvalue weighted by atomic mass is 9.70. The standard InChI is InChI=1S/C27H25FN3O9P/c1-13(2)23-22(14-3-5-16(28)6-4-14)17-9-15-12-29-31(27(35)39-7-8-40-41(36,37)38)21(15)11-18(17)24(30-23)19-10-20(25(19)32)26(33)34/h3-6,9,11-13,19-20H,7-8,10H2,1-2H3,(H,33,34)(H2,36,37,38). The Balaban J connectivity index is 1.67. The second-order valence-corrected chi connectivity index (χ2v) is 11.2. The number of rotatable bonds is 8. The van der Waals surface area contributed by atoms with Crippen LogP contribution in [0.5, 0.6) is 0 Å². The van der Waals surface area contributed by atoms with Crippen molar-refractivity contribution in [3.8, 4) is 11.1 Å². The fourth-order valence-corrected chi connectivity index (χ4v) is 5.30. The van der Waals surface area contributed by atoms with Crippen molar-refractivity contribution in [3.63, 3.8) is 0 Å². The van der Waals surface area contributed by atoms with Gasteiger partial charge >= 0.3 is 19.9 Å². The molecule has 1 saturated carbocycles. The second-order valence-electron chi connectivity index (χ2n) is 9.95. The molecule has 0 amide bonds. The Morgan fingerprint density at radius 3 is 2.46 bits per heavy atom. The minimum Gasteiger partial charge on any atom is -0.481 e. The third kappa shape index (κ3) is 5.49. The van der Waals surface area contributed by atoms with E-state index < -0.39 is 56.5 Å². The van der Waals surface area contributed by atoms with Crippen molar-refractivity contribution in [1.29, 1.82) is 0 Å². The smallest absolute Gasteiger partial charge is 0.469 e. The summed E-state index contributed by atoms with van der Waals surface area (Å²) in [6.45, 7) is 2.86. The molecule has 2 atom stereocenters. The summed E-state index contributed by atoms with van der Waals surface area (Å²) in [6, 6.07) is 9.29. The SMILES string of the molecule is CC(C)c1nc(C2CC(C(=O)O)C2=O)c2cc3c(cnn3C(=O)OCCOP(=O)(O)O)cc2c1-c1ccc(F)cc1. The van der Waals surface area contributed by atoms with E-state index in [1.54, 1.807) is 24.3 Å². The van der Waals surface area contributed by atoms with Crippen LogP contribution >= 0.6 is 7.82 Å². The number of carbonyl (C=O) groups excluding carboxylic acids is 2. The number of phosphoric acid groups is 1. The van der Waals surface area contributed by atoms with Crippen LogP contribution < -0.4 is 0 Å². The van der Waals surface area contributed by atoms with E-state index in [-0.39, 0.29) is 12.3 Å². The molecule has 0 aliphatic heterocycles. The van der Waals surface area contributed by atoms with Gasteiger partial charge in [0.25, 0.3) is 0 Å². The molecule has 4 aromatic rings. The molecule has 1 aliphatic carbocycles. The number of aromatic nitrogens is 3. The highest BCUT2D eigenvalue weighted by Crippen LogP contribution is 2.45. The maximum atomic E-state index is 13.8. The number of ether oxygens (including phenoxy) is 1. The lowest BCUT2D eigenvalue weighted by Crippen LogP contribution is -2.41. The molecule has 2 heterocycles. The highest BCUT2D eigenvalue weighted by Gasteiger charge is 2.46. The van der Waals surface area contributed by atoms with Crippen molar-refractivity contribution < 1.29 is 47.5 Å². The van der Waals surface area contributed by atoms with Crippen LogP contribution in [-0.2, 0) is 23.4 Å². The highest BCUT2D eigenvalue weighted by molar-refractivity contribution is 7.46. The summed E-state index contributed by atoms with van der Waals surface area (Å²) in [4.78, 5) is 59.6. The fraction of sp³-hybridized carbons (Fsp3) is 0.296. The Hall–Kier alpha value is -4.03. The van der Waals surface area contributed by atoms with Crippen LogP contribution in [0.2, 0.25) is 0 Å². The van der Waals surface area contributed by atoms with Crippen molar-refractivity contribution in [2.24, 2.45) is 5.92 Å². The minimum atomic E-state index is -4.73. The Morgan fingerprint density at radius 2 is 1.85 bits per heavy atom. The van der Waals surface area contributed by atoms with E-state index in [0.29, 0.717) is 44.2 Å². The van der Waals surface area contributed by atoms with Crippen molar-refractivity contribution in [2.75, 3.05) is 13.2 Å².